The van der Waals surface area contributed by atoms with Gasteiger partial charge in [0.2, 0.25) is 11.8 Å². The molecular weight excluding hydrogens is 294 g/mol. The van der Waals surface area contributed by atoms with Crippen molar-refractivity contribution in [3.8, 4) is 5.75 Å². The van der Waals surface area contributed by atoms with Crippen molar-refractivity contribution in [2.75, 3.05) is 25.0 Å². The van der Waals surface area contributed by atoms with Crippen molar-refractivity contribution in [1.29, 1.82) is 0 Å². The Morgan fingerprint density at radius 3 is 2.78 bits per heavy atom. The molecule has 2 aliphatic heterocycles. The van der Waals surface area contributed by atoms with Crippen molar-refractivity contribution >= 4 is 17.5 Å². The summed E-state index contributed by atoms with van der Waals surface area (Å²) in [6.45, 7) is 3.53. The predicted molar refractivity (Wildman–Crippen MR) is 87.4 cm³/mol. The van der Waals surface area contributed by atoms with E-state index in [2.05, 4.69) is 15.5 Å². The van der Waals surface area contributed by atoms with E-state index in [0.29, 0.717) is 26.1 Å². The molecule has 23 heavy (non-hydrogen) atoms. The number of hydrogen-bond acceptors (Lipinski definition) is 4. The topological polar surface area (TPSA) is 70.7 Å². The summed E-state index contributed by atoms with van der Waals surface area (Å²) in [4.78, 5) is 26.1. The number of ether oxygens (including phenoxy) is 1. The van der Waals surface area contributed by atoms with E-state index in [4.69, 9.17) is 4.74 Å². The zero-order chi connectivity index (χ0) is 16.2. The van der Waals surface area contributed by atoms with Gasteiger partial charge in [-0.15, -0.1) is 0 Å². The van der Waals surface area contributed by atoms with E-state index in [1.807, 2.05) is 31.2 Å². The normalized spacial score (nSPS) is 24.0. The number of carbonyl (C=O) groups is 2. The standard InChI is InChI=1S/C17H23N3O3/c1-2-23-15-7-3-12(4-8-15)19-17(22)11-20-13-5-6-14(20)10-18-16(21)9-13/h3-4,7-8,13-14H,2,5-6,9-11H2,1H3,(H,18,21)(H,19,22)/t13-,14+/m0/s1. The Morgan fingerprint density at radius 1 is 1.30 bits per heavy atom. The van der Waals surface area contributed by atoms with Crippen molar-refractivity contribution in [3.63, 3.8) is 0 Å². The summed E-state index contributed by atoms with van der Waals surface area (Å²) in [6, 6.07) is 7.83. The molecule has 2 aliphatic rings. The maximum atomic E-state index is 12.3. The van der Waals surface area contributed by atoms with Crippen LogP contribution in [0.15, 0.2) is 24.3 Å². The largest absolute Gasteiger partial charge is 0.494 e. The Kier molecular flexibility index (Phi) is 4.81. The maximum Gasteiger partial charge on any atom is 0.238 e. The first kappa shape index (κ1) is 15.8. The van der Waals surface area contributed by atoms with Crippen molar-refractivity contribution in [2.24, 2.45) is 0 Å². The van der Waals surface area contributed by atoms with Gasteiger partial charge in [0.25, 0.3) is 0 Å². The third-order valence-corrected chi connectivity index (χ3v) is 4.50. The number of carbonyl (C=O) groups excluding carboxylic acids is 2. The van der Waals surface area contributed by atoms with Crippen LogP contribution >= 0.6 is 0 Å². The molecule has 0 aliphatic carbocycles. The highest BCUT2D eigenvalue weighted by molar-refractivity contribution is 5.92. The number of benzene rings is 1. The van der Waals surface area contributed by atoms with Gasteiger partial charge in [-0.25, -0.2) is 0 Å². The molecule has 0 saturated carbocycles. The van der Waals surface area contributed by atoms with E-state index in [-0.39, 0.29) is 23.9 Å². The Labute approximate surface area is 136 Å². The fourth-order valence-corrected chi connectivity index (χ4v) is 3.40. The average Bonchev–Trinajstić information content (AvgIpc) is 2.80. The minimum absolute atomic E-state index is 0.0413. The van der Waals surface area contributed by atoms with Gasteiger partial charge in [-0.05, 0) is 44.0 Å². The van der Waals surface area contributed by atoms with Gasteiger partial charge in [0.1, 0.15) is 5.75 Å². The second-order valence-electron chi connectivity index (χ2n) is 6.07. The van der Waals surface area contributed by atoms with Crippen LogP contribution < -0.4 is 15.4 Å². The molecule has 2 amide bonds. The summed E-state index contributed by atoms with van der Waals surface area (Å²) < 4.78 is 5.39. The van der Waals surface area contributed by atoms with Crippen LogP contribution in [0.5, 0.6) is 5.75 Å². The fraction of sp³-hybridized carbons (Fsp3) is 0.529. The van der Waals surface area contributed by atoms with Crippen LogP contribution in [0, 0.1) is 0 Å². The zero-order valence-electron chi connectivity index (χ0n) is 13.4. The number of anilines is 1. The molecule has 1 aromatic carbocycles. The third-order valence-electron chi connectivity index (χ3n) is 4.50. The first-order valence-electron chi connectivity index (χ1n) is 8.21. The third kappa shape index (κ3) is 3.82. The van der Waals surface area contributed by atoms with Crippen LogP contribution in [0.4, 0.5) is 5.69 Å². The van der Waals surface area contributed by atoms with Gasteiger partial charge in [-0.1, -0.05) is 0 Å². The summed E-state index contributed by atoms with van der Waals surface area (Å²) in [5, 5.41) is 5.84. The molecule has 0 unspecified atom stereocenters. The Morgan fingerprint density at radius 2 is 2.04 bits per heavy atom. The molecule has 2 bridgehead atoms. The van der Waals surface area contributed by atoms with E-state index in [1.165, 1.54) is 0 Å². The lowest BCUT2D eigenvalue weighted by Crippen LogP contribution is -2.42. The number of hydrogen-bond donors (Lipinski definition) is 2. The molecule has 2 heterocycles. The van der Waals surface area contributed by atoms with Gasteiger partial charge >= 0.3 is 0 Å². The highest BCUT2D eigenvalue weighted by atomic mass is 16.5. The molecule has 124 valence electrons. The van der Waals surface area contributed by atoms with E-state index in [9.17, 15) is 9.59 Å². The Bertz CT molecular complexity index is 573. The summed E-state index contributed by atoms with van der Waals surface area (Å²) in [5.74, 6) is 0.843. The molecule has 2 saturated heterocycles. The lowest BCUT2D eigenvalue weighted by Gasteiger charge is -2.26. The second-order valence-corrected chi connectivity index (χ2v) is 6.07. The van der Waals surface area contributed by atoms with Crippen molar-refractivity contribution in [2.45, 2.75) is 38.3 Å². The zero-order valence-corrected chi connectivity index (χ0v) is 13.4. The Balaban J connectivity index is 1.57. The molecule has 2 N–H and O–H groups in total. The van der Waals surface area contributed by atoms with Crippen molar-refractivity contribution in [3.05, 3.63) is 24.3 Å². The molecular formula is C17H23N3O3. The van der Waals surface area contributed by atoms with Gasteiger partial charge in [-0.3, -0.25) is 14.5 Å². The van der Waals surface area contributed by atoms with Crippen molar-refractivity contribution < 1.29 is 14.3 Å². The molecule has 0 aromatic heterocycles. The second kappa shape index (κ2) is 7.00. The molecule has 1 aromatic rings. The number of fused-ring (bicyclic) bond motifs is 2. The van der Waals surface area contributed by atoms with E-state index in [1.54, 1.807) is 0 Å². The number of nitrogens with zero attached hydrogens (tertiary/aromatic N) is 1. The number of amides is 2. The molecule has 3 rings (SSSR count). The lowest BCUT2D eigenvalue weighted by molar-refractivity contribution is -0.122. The van der Waals surface area contributed by atoms with E-state index < -0.39 is 0 Å². The van der Waals surface area contributed by atoms with Crippen molar-refractivity contribution in [1.82, 2.24) is 10.2 Å². The summed E-state index contributed by atoms with van der Waals surface area (Å²) >= 11 is 0. The quantitative estimate of drug-likeness (QED) is 0.861. The smallest absolute Gasteiger partial charge is 0.238 e. The van der Waals surface area contributed by atoms with Gasteiger partial charge < -0.3 is 15.4 Å². The molecule has 6 nitrogen and oxygen atoms in total. The average molecular weight is 317 g/mol. The number of rotatable bonds is 5. The monoisotopic (exact) mass is 317 g/mol. The van der Waals surface area contributed by atoms with Gasteiger partial charge in [0.15, 0.2) is 0 Å². The van der Waals surface area contributed by atoms with Crippen LogP contribution in [-0.2, 0) is 9.59 Å². The van der Waals surface area contributed by atoms with Crippen LogP contribution in [0.3, 0.4) is 0 Å². The first-order valence-corrected chi connectivity index (χ1v) is 8.21. The maximum absolute atomic E-state index is 12.3. The van der Waals surface area contributed by atoms with Gasteiger partial charge in [0, 0.05) is 30.7 Å². The predicted octanol–water partition coefficient (Wildman–Crippen LogP) is 1.38. The Hall–Kier alpha value is -2.08. The van der Waals surface area contributed by atoms with E-state index in [0.717, 1.165) is 24.3 Å². The highest BCUT2D eigenvalue weighted by Crippen LogP contribution is 2.28. The summed E-state index contributed by atoms with van der Waals surface area (Å²) in [7, 11) is 0. The first-order chi connectivity index (χ1) is 11.2. The lowest BCUT2D eigenvalue weighted by atomic mass is 10.1. The molecule has 6 heteroatoms. The van der Waals surface area contributed by atoms with Crippen LogP contribution in [0.2, 0.25) is 0 Å². The van der Waals surface area contributed by atoms with E-state index >= 15 is 0 Å². The number of nitrogens with one attached hydrogen (secondary N) is 2. The van der Waals surface area contributed by atoms with Gasteiger partial charge in [-0.2, -0.15) is 0 Å². The highest BCUT2D eigenvalue weighted by Gasteiger charge is 2.38. The minimum atomic E-state index is -0.0413. The molecule has 0 spiro atoms. The molecule has 2 atom stereocenters. The van der Waals surface area contributed by atoms with Crippen LogP contribution in [0.25, 0.3) is 0 Å². The molecule has 0 radical (unpaired) electrons. The molecule has 2 fully saturated rings. The minimum Gasteiger partial charge on any atom is -0.494 e. The summed E-state index contributed by atoms with van der Waals surface area (Å²) in [6.07, 6.45) is 2.53. The van der Waals surface area contributed by atoms with Gasteiger partial charge in [0.05, 0.1) is 13.2 Å². The fourth-order valence-electron chi connectivity index (χ4n) is 3.40. The van der Waals surface area contributed by atoms with Crippen LogP contribution in [-0.4, -0.2) is 48.5 Å². The summed E-state index contributed by atoms with van der Waals surface area (Å²) in [5.41, 5.74) is 0.759. The SMILES string of the molecule is CCOc1ccc(NC(=O)CN2[C@@H]3CC[C@H]2CC(=O)NC3)cc1. The van der Waals surface area contributed by atoms with Crippen LogP contribution in [0.1, 0.15) is 26.2 Å².